The predicted molar refractivity (Wildman–Crippen MR) is 215 cm³/mol. The van der Waals surface area contributed by atoms with Crippen molar-refractivity contribution in [2.45, 2.75) is 6.42 Å². The molecule has 1 heterocycles. The summed E-state index contributed by atoms with van der Waals surface area (Å²) in [5.74, 6) is 0. The molecule has 9 aromatic rings. The van der Waals surface area contributed by atoms with E-state index in [2.05, 4.69) is 204 Å². The monoisotopic (exact) mass is 650 g/mol. The number of para-hydroxylation sites is 2. The van der Waals surface area contributed by atoms with Gasteiger partial charge < -0.3 is 9.47 Å². The van der Waals surface area contributed by atoms with Crippen molar-refractivity contribution in [1.29, 1.82) is 0 Å². The van der Waals surface area contributed by atoms with Crippen molar-refractivity contribution in [1.82, 2.24) is 4.57 Å². The van der Waals surface area contributed by atoms with Gasteiger partial charge in [0, 0.05) is 33.5 Å². The maximum Gasteiger partial charge on any atom is 0.0547 e. The topological polar surface area (TPSA) is 8.17 Å². The first-order chi connectivity index (χ1) is 25.3. The molecule has 1 aromatic heterocycles. The highest BCUT2D eigenvalue weighted by Gasteiger charge is 2.21. The van der Waals surface area contributed by atoms with E-state index in [0.717, 1.165) is 23.5 Å². The maximum atomic E-state index is 2.39. The van der Waals surface area contributed by atoms with E-state index >= 15 is 0 Å². The molecule has 0 atom stereocenters. The molecule has 0 spiro atoms. The Hall–Kier alpha value is -6.64. The van der Waals surface area contributed by atoms with E-state index in [4.69, 9.17) is 0 Å². The molecule has 2 heteroatoms. The van der Waals surface area contributed by atoms with Crippen LogP contribution in [-0.4, -0.2) is 4.57 Å². The summed E-state index contributed by atoms with van der Waals surface area (Å²) >= 11 is 0. The summed E-state index contributed by atoms with van der Waals surface area (Å²) in [6.45, 7) is 0. The number of nitrogens with zero attached hydrogens (tertiary/aromatic N) is 2. The second-order valence-corrected chi connectivity index (χ2v) is 13.4. The Bertz CT molecular complexity index is 2690. The average Bonchev–Trinajstić information content (AvgIpc) is 3.75. The van der Waals surface area contributed by atoms with Crippen LogP contribution in [0, 0.1) is 0 Å². The number of fused-ring (bicyclic) bond motifs is 6. The highest BCUT2D eigenvalue weighted by Crippen LogP contribution is 2.43. The van der Waals surface area contributed by atoms with Crippen molar-refractivity contribution in [2.75, 3.05) is 4.90 Å². The fourth-order valence-corrected chi connectivity index (χ4v) is 8.06. The molecule has 1 aliphatic rings. The third kappa shape index (κ3) is 4.95. The van der Waals surface area contributed by atoms with Gasteiger partial charge in [-0.25, -0.2) is 0 Å². The van der Waals surface area contributed by atoms with E-state index in [0.29, 0.717) is 0 Å². The molecule has 0 saturated carbocycles. The summed E-state index contributed by atoms with van der Waals surface area (Å²) in [6, 6.07) is 70.6. The summed E-state index contributed by atoms with van der Waals surface area (Å²) in [6.07, 6.45) is 0.958. The minimum absolute atomic E-state index is 0.958. The van der Waals surface area contributed by atoms with Gasteiger partial charge in [-0.1, -0.05) is 133 Å². The van der Waals surface area contributed by atoms with Crippen LogP contribution in [0.2, 0.25) is 0 Å². The Balaban J connectivity index is 1.09. The number of anilines is 3. The fourth-order valence-electron chi connectivity index (χ4n) is 8.06. The number of hydrogen-bond acceptors (Lipinski definition) is 1. The summed E-state index contributed by atoms with van der Waals surface area (Å²) < 4.78 is 2.38. The van der Waals surface area contributed by atoms with E-state index in [1.165, 1.54) is 72.0 Å². The van der Waals surface area contributed by atoms with Crippen LogP contribution in [0.1, 0.15) is 11.1 Å². The number of hydrogen-bond donors (Lipinski definition) is 0. The fraction of sp³-hybridized carbons (Fsp3) is 0.0204. The molecule has 10 rings (SSSR count). The van der Waals surface area contributed by atoms with Crippen LogP contribution >= 0.6 is 0 Å². The standard InChI is InChI=1S/C49H34N2/c1-3-12-34(13-4-1)35-22-26-40(27-23-35)50(42-30-31-44-38(33-42)32-37-14-7-8-17-43(37)44)41-28-24-36(25-29-41)45-19-11-21-48-49(45)46-18-9-10-20-47(46)51(48)39-15-5-2-6-16-39/h1-31,33H,32H2. The van der Waals surface area contributed by atoms with E-state index < -0.39 is 0 Å². The first kappa shape index (κ1) is 29.3. The zero-order valence-electron chi connectivity index (χ0n) is 28.1. The molecule has 0 N–H and O–H groups in total. The molecule has 51 heavy (non-hydrogen) atoms. The average molecular weight is 651 g/mol. The van der Waals surface area contributed by atoms with E-state index in [9.17, 15) is 0 Å². The van der Waals surface area contributed by atoms with Gasteiger partial charge in [-0.3, -0.25) is 0 Å². The van der Waals surface area contributed by atoms with Gasteiger partial charge in [-0.15, -0.1) is 0 Å². The lowest BCUT2D eigenvalue weighted by Gasteiger charge is -2.26. The van der Waals surface area contributed by atoms with Gasteiger partial charge in [0.15, 0.2) is 0 Å². The van der Waals surface area contributed by atoms with E-state index in [-0.39, 0.29) is 0 Å². The lowest BCUT2D eigenvalue weighted by Crippen LogP contribution is -2.10. The van der Waals surface area contributed by atoms with Crippen molar-refractivity contribution in [3.05, 3.63) is 205 Å². The smallest absolute Gasteiger partial charge is 0.0547 e. The second kappa shape index (κ2) is 12.0. The molecular weight excluding hydrogens is 617 g/mol. The molecule has 240 valence electrons. The minimum Gasteiger partial charge on any atom is -0.310 e. The number of rotatable bonds is 6. The van der Waals surface area contributed by atoms with Crippen LogP contribution in [0.3, 0.4) is 0 Å². The van der Waals surface area contributed by atoms with Crippen molar-refractivity contribution in [3.63, 3.8) is 0 Å². The highest BCUT2D eigenvalue weighted by molar-refractivity contribution is 6.15. The number of aromatic nitrogens is 1. The zero-order chi connectivity index (χ0) is 33.7. The molecule has 0 amide bonds. The Morgan fingerprint density at radius 2 is 0.941 bits per heavy atom. The summed E-state index contributed by atoms with van der Waals surface area (Å²) in [4.78, 5) is 2.39. The van der Waals surface area contributed by atoms with Gasteiger partial charge in [0.1, 0.15) is 0 Å². The summed E-state index contributed by atoms with van der Waals surface area (Å²) in [5, 5.41) is 2.53. The zero-order valence-corrected chi connectivity index (χ0v) is 28.1. The lowest BCUT2D eigenvalue weighted by atomic mass is 9.98. The summed E-state index contributed by atoms with van der Waals surface area (Å²) in [7, 11) is 0. The van der Waals surface area contributed by atoms with Gasteiger partial charge in [-0.2, -0.15) is 0 Å². The lowest BCUT2D eigenvalue weighted by molar-refractivity contribution is 1.18. The van der Waals surface area contributed by atoms with Crippen molar-refractivity contribution < 1.29 is 0 Å². The number of benzene rings is 8. The van der Waals surface area contributed by atoms with E-state index in [1.54, 1.807) is 0 Å². The van der Waals surface area contributed by atoms with Crippen molar-refractivity contribution in [3.8, 4) is 39.1 Å². The second-order valence-electron chi connectivity index (χ2n) is 13.4. The van der Waals surface area contributed by atoms with Gasteiger partial charge in [0.2, 0.25) is 0 Å². The molecule has 8 aromatic carbocycles. The SMILES string of the molecule is c1ccc(-c2ccc(N(c3ccc(-c4cccc5c4c4ccccc4n5-c4ccccc4)cc3)c3ccc4c(c3)Cc3ccccc3-4)cc2)cc1. The quantitative estimate of drug-likeness (QED) is 0.174. The Labute approximate surface area is 298 Å². The van der Waals surface area contributed by atoms with Gasteiger partial charge >= 0.3 is 0 Å². The summed E-state index contributed by atoms with van der Waals surface area (Å²) in [5.41, 5.74) is 17.3. The molecule has 0 bridgehead atoms. The minimum atomic E-state index is 0.958. The predicted octanol–water partition coefficient (Wildman–Crippen LogP) is 13.2. The molecule has 0 unspecified atom stereocenters. The first-order valence-electron chi connectivity index (χ1n) is 17.6. The van der Waals surface area contributed by atoms with Gasteiger partial charge in [0.05, 0.1) is 11.0 Å². The maximum absolute atomic E-state index is 2.39. The highest BCUT2D eigenvalue weighted by atomic mass is 15.1. The van der Waals surface area contributed by atoms with Crippen LogP contribution in [0.4, 0.5) is 17.1 Å². The van der Waals surface area contributed by atoms with Crippen LogP contribution < -0.4 is 4.90 Å². The first-order valence-corrected chi connectivity index (χ1v) is 17.6. The molecule has 1 aliphatic carbocycles. The van der Waals surface area contributed by atoms with E-state index in [1.807, 2.05) is 0 Å². The Kier molecular flexibility index (Phi) is 6.92. The van der Waals surface area contributed by atoms with Crippen molar-refractivity contribution in [2.24, 2.45) is 0 Å². The van der Waals surface area contributed by atoms with Crippen LogP contribution in [0.5, 0.6) is 0 Å². The molecule has 0 saturated heterocycles. The largest absolute Gasteiger partial charge is 0.310 e. The normalized spacial score (nSPS) is 11.8. The molecule has 2 nitrogen and oxygen atoms in total. The van der Waals surface area contributed by atoms with Crippen LogP contribution in [0.25, 0.3) is 60.9 Å². The van der Waals surface area contributed by atoms with Gasteiger partial charge in [-0.05, 0) is 112 Å². The van der Waals surface area contributed by atoms with Crippen LogP contribution in [-0.2, 0) is 6.42 Å². The third-order valence-electron chi connectivity index (χ3n) is 10.4. The van der Waals surface area contributed by atoms with Gasteiger partial charge in [0.25, 0.3) is 0 Å². The molecule has 0 radical (unpaired) electrons. The molecular formula is C49H34N2. The Morgan fingerprint density at radius 3 is 1.73 bits per heavy atom. The molecule has 0 aliphatic heterocycles. The van der Waals surface area contributed by atoms with Crippen LogP contribution in [0.15, 0.2) is 194 Å². The van der Waals surface area contributed by atoms with Crippen molar-refractivity contribution >= 4 is 38.9 Å². The Morgan fingerprint density at radius 1 is 0.373 bits per heavy atom. The third-order valence-corrected chi connectivity index (χ3v) is 10.4. The molecule has 0 fully saturated rings.